The molecule has 5 heteroatoms. The molecule has 1 unspecified atom stereocenters. The average molecular weight is 273 g/mol. The van der Waals surface area contributed by atoms with Crippen LogP contribution in [0.25, 0.3) is 0 Å². The number of carbonyl (C=O) groups excluding carboxylic acids is 1. The third-order valence-electron chi connectivity index (χ3n) is 3.41. The predicted octanol–water partition coefficient (Wildman–Crippen LogP) is 1.67. The molecule has 1 aliphatic heterocycles. The zero-order chi connectivity index (χ0) is 13.2. The molecular formula is C14H15N3OS. The van der Waals surface area contributed by atoms with Crippen LogP contribution in [0.5, 0.6) is 0 Å². The van der Waals surface area contributed by atoms with Gasteiger partial charge in [0, 0.05) is 34.6 Å². The number of primary amides is 1. The summed E-state index contributed by atoms with van der Waals surface area (Å²) < 4.78 is 0. The molecule has 0 radical (unpaired) electrons. The molecule has 0 saturated carbocycles. The maximum absolute atomic E-state index is 11.4. The van der Waals surface area contributed by atoms with Crippen LogP contribution in [0.3, 0.4) is 0 Å². The Hall–Kier alpha value is -1.72. The molecule has 0 aromatic carbocycles. The largest absolute Gasteiger partial charge is 0.366 e. The number of fused-ring (bicyclic) bond motifs is 1. The highest BCUT2D eigenvalue weighted by Crippen LogP contribution is 2.33. The molecular weight excluding hydrogens is 258 g/mol. The summed E-state index contributed by atoms with van der Waals surface area (Å²) in [6.07, 6.45) is 3.52. The SMILES string of the molecule is NC(=O)c1csc2c1CCNC2Cc1ccccn1. The van der Waals surface area contributed by atoms with Gasteiger partial charge in [-0.2, -0.15) is 0 Å². The van der Waals surface area contributed by atoms with E-state index in [1.54, 1.807) is 11.3 Å². The van der Waals surface area contributed by atoms with Crippen molar-refractivity contribution in [3.05, 3.63) is 51.5 Å². The number of pyridine rings is 1. The van der Waals surface area contributed by atoms with E-state index < -0.39 is 0 Å². The lowest BCUT2D eigenvalue weighted by molar-refractivity contribution is 0.0999. The Morgan fingerprint density at radius 1 is 1.53 bits per heavy atom. The molecule has 19 heavy (non-hydrogen) atoms. The van der Waals surface area contributed by atoms with E-state index in [0.29, 0.717) is 5.56 Å². The first-order chi connectivity index (χ1) is 9.25. The Bertz CT molecular complexity index is 594. The Morgan fingerprint density at radius 3 is 3.16 bits per heavy atom. The lowest BCUT2D eigenvalue weighted by Gasteiger charge is -2.24. The molecule has 0 aliphatic carbocycles. The zero-order valence-electron chi connectivity index (χ0n) is 10.4. The predicted molar refractivity (Wildman–Crippen MR) is 75.2 cm³/mol. The highest BCUT2D eigenvalue weighted by Gasteiger charge is 2.25. The summed E-state index contributed by atoms with van der Waals surface area (Å²) in [6, 6.07) is 6.17. The van der Waals surface area contributed by atoms with Gasteiger partial charge < -0.3 is 11.1 Å². The van der Waals surface area contributed by atoms with Crippen LogP contribution >= 0.6 is 11.3 Å². The summed E-state index contributed by atoms with van der Waals surface area (Å²) in [5.74, 6) is -0.323. The van der Waals surface area contributed by atoms with E-state index in [4.69, 9.17) is 5.73 Å². The number of aromatic nitrogens is 1. The summed E-state index contributed by atoms with van der Waals surface area (Å²) in [6.45, 7) is 0.877. The number of nitrogens with two attached hydrogens (primary N) is 1. The molecule has 1 aliphatic rings. The number of hydrogen-bond donors (Lipinski definition) is 2. The first-order valence-corrected chi connectivity index (χ1v) is 7.17. The van der Waals surface area contributed by atoms with Crippen LogP contribution in [0, 0.1) is 0 Å². The maximum Gasteiger partial charge on any atom is 0.249 e. The monoisotopic (exact) mass is 273 g/mol. The summed E-state index contributed by atoms with van der Waals surface area (Å²) in [7, 11) is 0. The smallest absolute Gasteiger partial charge is 0.249 e. The quantitative estimate of drug-likeness (QED) is 0.894. The third kappa shape index (κ3) is 2.39. The van der Waals surface area contributed by atoms with E-state index in [9.17, 15) is 4.79 Å². The van der Waals surface area contributed by atoms with Gasteiger partial charge in [0.05, 0.1) is 5.56 Å². The zero-order valence-corrected chi connectivity index (χ0v) is 11.2. The minimum atomic E-state index is -0.323. The first kappa shape index (κ1) is 12.3. The fourth-order valence-electron chi connectivity index (χ4n) is 2.51. The van der Waals surface area contributed by atoms with Crippen LogP contribution in [-0.4, -0.2) is 17.4 Å². The Kier molecular flexibility index (Phi) is 3.31. The molecule has 3 rings (SSSR count). The van der Waals surface area contributed by atoms with Gasteiger partial charge in [-0.25, -0.2) is 0 Å². The summed E-state index contributed by atoms with van der Waals surface area (Å²) in [5.41, 5.74) is 8.28. The van der Waals surface area contributed by atoms with Gasteiger partial charge in [-0.1, -0.05) is 6.07 Å². The molecule has 4 nitrogen and oxygen atoms in total. The summed E-state index contributed by atoms with van der Waals surface area (Å²) in [5, 5.41) is 5.37. The van der Waals surface area contributed by atoms with Crippen molar-refractivity contribution in [2.24, 2.45) is 5.73 Å². The minimum absolute atomic E-state index is 0.233. The fraction of sp³-hybridized carbons (Fsp3) is 0.286. The van der Waals surface area contributed by atoms with Gasteiger partial charge in [-0.3, -0.25) is 9.78 Å². The van der Waals surface area contributed by atoms with Crippen LogP contribution < -0.4 is 11.1 Å². The second-order valence-electron chi connectivity index (χ2n) is 4.64. The number of amides is 1. The van der Waals surface area contributed by atoms with Crippen molar-refractivity contribution in [1.29, 1.82) is 0 Å². The molecule has 3 N–H and O–H groups in total. The van der Waals surface area contributed by atoms with Crippen molar-refractivity contribution in [2.45, 2.75) is 18.9 Å². The average Bonchev–Trinajstić information content (AvgIpc) is 2.85. The molecule has 1 atom stereocenters. The standard InChI is InChI=1S/C14H15N3OS/c15-14(18)11-8-19-13-10(11)4-6-17-12(13)7-9-3-1-2-5-16-9/h1-3,5,8,12,17H,4,6-7H2,(H2,15,18). The number of rotatable bonds is 3. The molecule has 0 saturated heterocycles. The van der Waals surface area contributed by atoms with E-state index in [1.165, 1.54) is 4.88 Å². The molecule has 0 bridgehead atoms. The summed E-state index contributed by atoms with van der Waals surface area (Å²) in [4.78, 5) is 17.0. The van der Waals surface area contributed by atoms with Gasteiger partial charge in [0.2, 0.25) is 5.91 Å². The van der Waals surface area contributed by atoms with Crippen LogP contribution in [0.15, 0.2) is 29.8 Å². The Labute approximate surface area is 115 Å². The van der Waals surface area contributed by atoms with Gasteiger partial charge in [0.15, 0.2) is 0 Å². The summed E-state index contributed by atoms with van der Waals surface area (Å²) >= 11 is 1.62. The fourth-order valence-corrected chi connectivity index (χ4v) is 3.70. The van der Waals surface area contributed by atoms with Crippen LogP contribution in [0.4, 0.5) is 0 Å². The van der Waals surface area contributed by atoms with E-state index in [2.05, 4.69) is 10.3 Å². The lowest BCUT2D eigenvalue weighted by Crippen LogP contribution is -2.31. The first-order valence-electron chi connectivity index (χ1n) is 6.29. The second kappa shape index (κ2) is 5.11. The molecule has 1 amide bonds. The van der Waals surface area contributed by atoms with Crippen molar-refractivity contribution in [3.63, 3.8) is 0 Å². The van der Waals surface area contributed by atoms with Crippen molar-refractivity contribution in [2.75, 3.05) is 6.54 Å². The molecule has 3 heterocycles. The van der Waals surface area contributed by atoms with Gasteiger partial charge in [0.25, 0.3) is 0 Å². The van der Waals surface area contributed by atoms with Crippen molar-refractivity contribution in [1.82, 2.24) is 10.3 Å². The van der Waals surface area contributed by atoms with Gasteiger partial charge >= 0.3 is 0 Å². The van der Waals surface area contributed by atoms with E-state index in [1.807, 2.05) is 29.8 Å². The van der Waals surface area contributed by atoms with Crippen LogP contribution in [-0.2, 0) is 12.8 Å². The third-order valence-corrected chi connectivity index (χ3v) is 4.55. The van der Waals surface area contributed by atoms with E-state index in [0.717, 1.165) is 30.6 Å². The molecule has 0 spiro atoms. The van der Waals surface area contributed by atoms with Crippen molar-refractivity contribution < 1.29 is 4.79 Å². The number of nitrogens with zero attached hydrogens (tertiary/aromatic N) is 1. The molecule has 2 aromatic rings. The molecule has 98 valence electrons. The van der Waals surface area contributed by atoms with Gasteiger partial charge in [0.1, 0.15) is 0 Å². The minimum Gasteiger partial charge on any atom is -0.366 e. The maximum atomic E-state index is 11.4. The number of nitrogens with one attached hydrogen (secondary N) is 1. The van der Waals surface area contributed by atoms with E-state index >= 15 is 0 Å². The topological polar surface area (TPSA) is 68.0 Å². The second-order valence-corrected chi connectivity index (χ2v) is 5.55. The Balaban J connectivity index is 1.89. The van der Waals surface area contributed by atoms with Crippen LogP contribution in [0.2, 0.25) is 0 Å². The van der Waals surface area contributed by atoms with Gasteiger partial charge in [-0.05, 0) is 30.7 Å². The van der Waals surface area contributed by atoms with Crippen LogP contribution in [0.1, 0.15) is 32.5 Å². The number of hydrogen-bond acceptors (Lipinski definition) is 4. The Morgan fingerprint density at radius 2 is 2.42 bits per heavy atom. The van der Waals surface area contributed by atoms with Crippen molar-refractivity contribution >= 4 is 17.2 Å². The van der Waals surface area contributed by atoms with Crippen molar-refractivity contribution in [3.8, 4) is 0 Å². The highest BCUT2D eigenvalue weighted by atomic mass is 32.1. The normalized spacial score (nSPS) is 18.0. The van der Waals surface area contributed by atoms with Gasteiger partial charge in [-0.15, -0.1) is 11.3 Å². The lowest BCUT2D eigenvalue weighted by atomic mass is 9.96. The van der Waals surface area contributed by atoms with E-state index in [-0.39, 0.29) is 11.9 Å². The number of thiophene rings is 1. The molecule has 2 aromatic heterocycles. The highest BCUT2D eigenvalue weighted by molar-refractivity contribution is 7.10. The number of carbonyl (C=O) groups is 1. The molecule has 0 fully saturated rings.